The molecule has 0 aliphatic carbocycles. The third-order valence-corrected chi connectivity index (χ3v) is 0. The van der Waals surface area contributed by atoms with Crippen LogP contribution in [0.5, 0.6) is 0 Å². The van der Waals surface area contributed by atoms with Crippen LogP contribution in [0, 0.1) is 0 Å². The van der Waals surface area contributed by atoms with Crippen molar-refractivity contribution in [3.8, 4) is 0 Å². The third kappa shape index (κ3) is 46.4. The van der Waals surface area contributed by atoms with Gasteiger partial charge in [-0.05, 0) is 0 Å². The maximum absolute atomic E-state index is 8.72. The molecule has 0 aliphatic rings. The summed E-state index contributed by atoms with van der Waals surface area (Å²) in [7, 11) is 0. The summed E-state index contributed by atoms with van der Waals surface area (Å²) in [5.74, 6) is 0. The summed E-state index contributed by atoms with van der Waals surface area (Å²) in [4.78, 5) is 0. The van der Waals surface area contributed by atoms with E-state index in [9.17, 15) is 0 Å². The van der Waals surface area contributed by atoms with E-state index in [2.05, 4.69) is 0 Å². The van der Waals surface area contributed by atoms with Crippen LogP contribution in [0.25, 0.3) is 0 Å². The van der Waals surface area contributed by atoms with Crippen LogP contribution in [-0.2, 0) is 25.5 Å². The molecule has 0 spiro atoms. The van der Waals surface area contributed by atoms with Crippen LogP contribution in [0.3, 0.4) is 0 Å². The Labute approximate surface area is 163 Å². The van der Waals surface area contributed by atoms with Gasteiger partial charge in [-0.15, -0.1) is 0 Å². The normalized spacial score (nSPS) is 7.38. The summed E-state index contributed by atoms with van der Waals surface area (Å²) in [5, 5.41) is 0. The fourth-order valence-electron chi connectivity index (χ4n) is 0. The van der Waals surface area contributed by atoms with Gasteiger partial charge in [-0.1, -0.05) is 0 Å². The zero-order chi connectivity index (χ0) is 4.50. The molecule has 0 fully saturated rings. The van der Waals surface area contributed by atoms with Gasteiger partial charge >= 0.3 is 147 Å². The molecule has 0 aromatic rings. The molecule has 0 unspecified atom stereocenters. The van der Waals surface area contributed by atoms with Gasteiger partial charge in [-0.2, -0.15) is 0 Å². The van der Waals surface area contributed by atoms with E-state index in [-0.39, 0.29) is 138 Å². The molecular weight excluding hydrogens is 358 g/mol. The molecular formula is HAsO4Rb2Ti. The Hall–Kier alpha value is 4.56. The summed E-state index contributed by atoms with van der Waals surface area (Å²) in [6, 6.07) is 0. The smallest absolute Gasteiger partial charge is 0 e. The van der Waals surface area contributed by atoms with Gasteiger partial charge in [0, 0.05) is 21.7 Å². The van der Waals surface area contributed by atoms with Crippen molar-refractivity contribution < 1.29 is 154 Å². The molecule has 0 aliphatic heterocycles. The van der Waals surface area contributed by atoms with Crippen molar-refractivity contribution in [2.45, 2.75) is 0 Å². The number of hydrogen-bond donors (Lipinski definition) is 1. The van der Waals surface area contributed by atoms with E-state index >= 15 is 0 Å². The predicted octanol–water partition coefficient (Wildman–Crippen LogP) is -9.43. The molecule has 0 radical (unpaired) electrons. The first kappa shape index (κ1) is 22.9. The van der Waals surface area contributed by atoms with E-state index in [0.29, 0.717) is 0 Å². The number of rotatable bonds is 0. The molecule has 4 nitrogen and oxygen atoms in total. The van der Waals surface area contributed by atoms with Gasteiger partial charge in [0.15, 0.2) is 0 Å². The first-order valence-corrected chi connectivity index (χ1v) is 3.89. The average molecular weight is 359 g/mol. The van der Waals surface area contributed by atoms with Gasteiger partial charge in [-0.25, -0.2) is 0 Å². The Balaban J connectivity index is -0.0000000267. The molecule has 0 amide bonds. The average Bonchev–Trinajstić information content (AvgIpc) is 0.722. The van der Waals surface area contributed by atoms with E-state index < -0.39 is 14.5 Å². The zero-order valence-corrected chi connectivity index (χ0v) is 17.9. The van der Waals surface area contributed by atoms with Crippen LogP contribution in [0.15, 0.2) is 0 Å². The molecule has 8 heteroatoms. The quantitative estimate of drug-likeness (QED) is 0.436. The first-order chi connectivity index (χ1) is 2.00. The SMILES string of the molecule is O=[As]([O-])([O-])O.[Rb+].[Rb+].[Ti]. The maximum atomic E-state index is 8.72. The molecule has 0 aromatic heterocycles. The second kappa shape index (κ2) is 11.6. The third-order valence-electron chi connectivity index (χ3n) is 0. The van der Waals surface area contributed by atoms with E-state index in [1.54, 1.807) is 0 Å². The van der Waals surface area contributed by atoms with E-state index in [1.807, 2.05) is 0 Å². The van der Waals surface area contributed by atoms with Gasteiger partial charge in [0.2, 0.25) is 0 Å². The van der Waals surface area contributed by atoms with Gasteiger partial charge in [-0.3, -0.25) is 0 Å². The first-order valence-electron chi connectivity index (χ1n) is 0.748. The Kier molecular flexibility index (Phi) is 33.1. The van der Waals surface area contributed by atoms with Crippen LogP contribution in [-0.4, -0.2) is 18.6 Å². The van der Waals surface area contributed by atoms with Crippen molar-refractivity contribution in [3.05, 3.63) is 0 Å². The van der Waals surface area contributed by atoms with Gasteiger partial charge in [0.05, 0.1) is 0 Å². The molecule has 0 saturated carbocycles. The van der Waals surface area contributed by atoms with Crippen LogP contribution in [0.1, 0.15) is 0 Å². The van der Waals surface area contributed by atoms with Crippen LogP contribution < -0.4 is 125 Å². The van der Waals surface area contributed by atoms with E-state index in [0.717, 1.165) is 0 Å². The molecule has 0 rings (SSSR count). The Morgan fingerprint density at radius 3 is 1.25 bits per heavy atom. The van der Waals surface area contributed by atoms with Crippen molar-refractivity contribution in [2.24, 2.45) is 0 Å². The van der Waals surface area contributed by atoms with Crippen molar-refractivity contribution in [1.82, 2.24) is 0 Å². The minimum atomic E-state index is -5.62. The largest absolute Gasteiger partial charge is 1.00 e. The molecule has 0 bridgehead atoms. The monoisotopic (exact) mass is 358 g/mol. The summed E-state index contributed by atoms with van der Waals surface area (Å²) in [5.41, 5.74) is 0. The molecule has 0 aromatic carbocycles. The van der Waals surface area contributed by atoms with Gasteiger partial charge in [0.25, 0.3) is 0 Å². The van der Waals surface area contributed by atoms with Gasteiger partial charge in [0.1, 0.15) is 0 Å². The van der Waals surface area contributed by atoms with Crippen molar-refractivity contribution in [2.75, 3.05) is 0 Å². The predicted molar refractivity (Wildman–Crippen MR) is 8.66 cm³/mol. The van der Waals surface area contributed by atoms with Crippen LogP contribution in [0.4, 0.5) is 0 Å². The minimum Gasteiger partial charge on any atom is 0 e. The Bertz CT molecular complexity index is 60.2. The molecule has 0 atom stereocenters. The van der Waals surface area contributed by atoms with Crippen molar-refractivity contribution in [1.29, 1.82) is 0 Å². The fraction of sp³-hybridized carbons (Fsp3) is 0. The minimum absolute atomic E-state index is 0. The van der Waals surface area contributed by atoms with E-state index in [4.69, 9.17) is 16.0 Å². The standard InChI is InChI=1S/AsH3O4.2Rb.Ti/c2-1(3,4)5;;;/h(H3,2,3,4,5);;;/q;2*+1;/p-2. The molecule has 0 heterocycles. The van der Waals surface area contributed by atoms with Gasteiger partial charge < -0.3 is 0 Å². The number of hydrogen-bond acceptors (Lipinski definition) is 3. The van der Waals surface area contributed by atoms with Crippen LogP contribution >= 0.6 is 0 Å². The Morgan fingerprint density at radius 2 is 1.25 bits per heavy atom. The zero-order valence-electron chi connectivity index (χ0n) is 4.62. The Morgan fingerprint density at radius 1 is 1.25 bits per heavy atom. The van der Waals surface area contributed by atoms with Crippen molar-refractivity contribution in [3.63, 3.8) is 0 Å². The second-order valence-corrected chi connectivity index (χ2v) is 2.43. The summed E-state index contributed by atoms with van der Waals surface area (Å²) in [6.07, 6.45) is 0. The fourth-order valence-corrected chi connectivity index (χ4v) is 0. The topological polar surface area (TPSA) is 83.4 Å². The van der Waals surface area contributed by atoms with Crippen LogP contribution in [0.2, 0.25) is 0 Å². The maximum Gasteiger partial charge on any atom is 1.00 e. The molecule has 1 N–H and O–H groups in total. The summed E-state index contributed by atoms with van der Waals surface area (Å²) in [6.45, 7) is 0. The van der Waals surface area contributed by atoms with Crippen molar-refractivity contribution >= 4 is 14.5 Å². The molecule has 8 heavy (non-hydrogen) atoms. The summed E-state index contributed by atoms with van der Waals surface area (Å²) < 4.78 is 33.2. The molecule has 36 valence electrons. The molecule has 0 saturated heterocycles. The summed E-state index contributed by atoms with van der Waals surface area (Å²) >= 11 is -5.62. The van der Waals surface area contributed by atoms with E-state index in [1.165, 1.54) is 0 Å². The second-order valence-electron chi connectivity index (χ2n) is 0.469.